The van der Waals surface area contributed by atoms with Gasteiger partial charge in [-0.2, -0.15) is 0 Å². The van der Waals surface area contributed by atoms with E-state index in [9.17, 15) is 9.59 Å². The third-order valence-corrected chi connectivity index (χ3v) is 2.67. The standard InChI is InChI=1S/C11H24N4O2/c1-5-8(2)9(12)10(16)13-6-7-14-11(17)15(3)4/h8-9H,5-7,12H2,1-4H3,(H,13,16)(H,14,17)/t8?,9-/m0/s1. The summed E-state index contributed by atoms with van der Waals surface area (Å²) in [6.07, 6.45) is 0.867. The van der Waals surface area contributed by atoms with Crippen molar-refractivity contribution in [2.24, 2.45) is 11.7 Å². The van der Waals surface area contributed by atoms with Gasteiger partial charge in [0.05, 0.1) is 6.04 Å². The van der Waals surface area contributed by atoms with Gasteiger partial charge in [-0.05, 0) is 5.92 Å². The molecule has 1 unspecified atom stereocenters. The Morgan fingerprint density at radius 3 is 2.24 bits per heavy atom. The van der Waals surface area contributed by atoms with Crippen LogP contribution in [0.15, 0.2) is 0 Å². The number of nitrogens with two attached hydrogens (primary N) is 1. The van der Waals surface area contributed by atoms with Gasteiger partial charge in [-0.1, -0.05) is 20.3 Å². The topological polar surface area (TPSA) is 87.5 Å². The molecule has 6 heteroatoms. The quantitative estimate of drug-likeness (QED) is 0.563. The Hall–Kier alpha value is -1.30. The molecule has 0 saturated heterocycles. The summed E-state index contributed by atoms with van der Waals surface area (Å²) in [5, 5.41) is 5.35. The third-order valence-electron chi connectivity index (χ3n) is 2.67. The van der Waals surface area contributed by atoms with Gasteiger partial charge in [0.25, 0.3) is 0 Å². The molecule has 0 rings (SSSR count). The second-order valence-electron chi connectivity index (χ2n) is 4.33. The highest BCUT2D eigenvalue weighted by atomic mass is 16.2. The highest BCUT2D eigenvalue weighted by Crippen LogP contribution is 2.04. The summed E-state index contributed by atoms with van der Waals surface area (Å²) in [7, 11) is 3.32. The van der Waals surface area contributed by atoms with Crippen molar-refractivity contribution in [1.29, 1.82) is 0 Å². The molecule has 4 N–H and O–H groups in total. The Morgan fingerprint density at radius 2 is 1.76 bits per heavy atom. The molecule has 0 spiro atoms. The zero-order valence-corrected chi connectivity index (χ0v) is 11.1. The lowest BCUT2D eigenvalue weighted by atomic mass is 9.99. The molecular formula is C11H24N4O2. The van der Waals surface area contributed by atoms with Gasteiger partial charge in [0, 0.05) is 27.2 Å². The van der Waals surface area contributed by atoms with Crippen LogP contribution in [0.4, 0.5) is 4.79 Å². The Labute approximate surface area is 103 Å². The molecule has 0 bridgehead atoms. The molecule has 3 amide bonds. The molecule has 17 heavy (non-hydrogen) atoms. The van der Waals surface area contributed by atoms with E-state index in [4.69, 9.17) is 5.73 Å². The predicted octanol–water partition coefficient (Wildman–Crippen LogP) is -0.253. The second kappa shape index (κ2) is 7.89. The van der Waals surface area contributed by atoms with Crippen molar-refractivity contribution in [3.8, 4) is 0 Å². The van der Waals surface area contributed by atoms with Gasteiger partial charge in [-0.3, -0.25) is 4.79 Å². The largest absolute Gasteiger partial charge is 0.353 e. The molecule has 0 aromatic heterocycles. The van der Waals surface area contributed by atoms with Crippen LogP contribution in [0.3, 0.4) is 0 Å². The van der Waals surface area contributed by atoms with Gasteiger partial charge < -0.3 is 21.3 Å². The van der Waals surface area contributed by atoms with E-state index in [1.54, 1.807) is 14.1 Å². The number of hydrogen-bond donors (Lipinski definition) is 3. The molecule has 2 atom stereocenters. The molecule has 0 radical (unpaired) electrons. The van der Waals surface area contributed by atoms with Crippen LogP contribution in [0.5, 0.6) is 0 Å². The Morgan fingerprint density at radius 1 is 1.24 bits per heavy atom. The van der Waals surface area contributed by atoms with Crippen molar-refractivity contribution in [2.75, 3.05) is 27.2 Å². The van der Waals surface area contributed by atoms with E-state index in [-0.39, 0.29) is 17.9 Å². The van der Waals surface area contributed by atoms with E-state index >= 15 is 0 Å². The maximum absolute atomic E-state index is 11.6. The number of hydrogen-bond acceptors (Lipinski definition) is 3. The molecule has 0 fully saturated rings. The molecule has 0 aliphatic heterocycles. The maximum atomic E-state index is 11.6. The van der Waals surface area contributed by atoms with Crippen molar-refractivity contribution in [3.63, 3.8) is 0 Å². The van der Waals surface area contributed by atoms with Crippen LogP contribution in [0.2, 0.25) is 0 Å². The predicted molar refractivity (Wildman–Crippen MR) is 67.5 cm³/mol. The number of carbonyl (C=O) groups excluding carboxylic acids is 2. The van der Waals surface area contributed by atoms with Crippen molar-refractivity contribution in [3.05, 3.63) is 0 Å². The first kappa shape index (κ1) is 15.7. The summed E-state index contributed by atoms with van der Waals surface area (Å²) in [5.74, 6) is -0.00943. The number of urea groups is 1. The molecule has 0 aromatic carbocycles. The van der Waals surface area contributed by atoms with E-state index in [1.165, 1.54) is 4.90 Å². The smallest absolute Gasteiger partial charge is 0.316 e. The first-order valence-corrected chi connectivity index (χ1v) is 5.88. The zero-order chi connectivity index (χ0) is 13.4. The van der Waals surface area contributed by atoms with Crippen LogP contribution in [-0.2, 0) is 4.79 Å². The Balaban J connectivity index is 3.75. The highest BCUT2D eigenvalue weighted by Gasteiger charge is 2.18. The summed E-state index contributed by atoms with van der Waals surface area (Å²) in [6, 6.07) is -0.657. The van der Waals surface area contributed by atoms with Crippen molar-refractivity contribution in [2.45, 2.75) is 26.3 Å². The number of amides is 3. The van der Waals surface area contributed by atoms with Gasteiger partial charge >= 0.3 is 6.03 Å². The minimum absolute atomic E-state index is 0.159. The lowest BCUT2D eigenvalue weighted by molar-refractivity contribution is -0.123. The third kappa shape index (κ3) is 6.11. The van der Waals surface area contributed by atoms with Gasteiger partial charge in [0.1, 0.15) is 0 Å². The van der Waals surface area contributed by atoms with Crippen LogP contribution in [0, 0.1) is 5.92 Å². The first-order chi connectivity index (χ1) is 7.90. The minimum atomic E-state index is -0.482. The van der Waals surface area contributed by atoms with Crippen LogP contribution >= 0.6 is 0 Å². The fraction of sp³-hybridized carbons (Fsp3) is 0.818. The van der Waals surface area contributed by atoms with Crippen LogP contribution in [0.1, 0.15) is 20.3 Å². The van der Waals surface area contributed by atoms with Gasteiger partial charge in [-0.25, -0.2) is 4.79 Å². The van der Waals surface area contributed by atoms with E-state index < -0.39 is 6.04 Å². The number of rotatable bonds is 6. The van der Waals surface area contributed by atoms with E-state index in [1.807, 2.05) is 13.8 Å². The van der Waals surface area contributed by atoms with Gasteiger partial charge in [0.2, 0.25) is 5.91 Å². The fourth-order valence-electron chi connectivity index (χ4n) is 1.14. The molecule has 0 aromatic rings. The highest BCUT2D eigenvalue weighted by molar-refractivity contribution is 5.81. The minimum Gasteiger partial charge on any atom is -0.353 e. The van der Waals surface area contributed by atoms with Crippen molar-refractivity contribution < 1.29 is 9.59 Å². The van der Waals surface area contributed by atoms with Crippen LogP contribution in [0.25, 0.3) is 0 Å². The van der Waals surface area contributed by atoms with Crippen LogP contribution < -0.4 is 16.4 Å². The van der Waals surface area contributed by atoms with E-state index in [2.05, 4.69) is 10.6 Å². The first-order valence-electron chi connectivity index (χ1n) is 5.88. The SMILES string of the molecule is CCC(C)[C@H](N)C(=O)NCCNC(=O)N(C)C. The summed E-state index contributed by atoms with van der Waals surface area (Å²) < 4.78 is 0. The second-order valence-corrected chi connectivity index (χ2v) is 4.33. The average molecular weight is 244 g/mol. The molecule has 100 valence electrons. The summed E-state index contributed by atoms with van der Waals surface area (Å²) in [6.45, 7) is 4.73. The monoisotopic (exact) mass is 244 g/mol. The summed E-state index contributed by atoms with van der Waals surface area (Å²) >= 11 is 0. The average Bonchev–Trinajstić information content (AvgIpc) is 2.31. The molecule has 6 nitrogen and oxygen atoms in total. The molecular weight excluding hydrogens is 220 g/mol. The number of nitrogens with one attached hydrogen (secondary N) is 2. The van der Waals surface area contributed by atoms with E-state index in [0.717, 1.165) is 6.42 Å². The fourth-order valence-corrected chi connectivity index (χ4v) is 1.14. The summed E-state index contributed by atoms with van der Waals surface area (Å²) in [5.41, 5.74) is 5.75. The molecule has 0 heterocycles. The maximum Gasteiger partial charge on any atom is 0.316 e. The van der Waals surface area contributed by atoms with Crippen molar-refractivity contribution in [1.82, 2.24) is 15.5 Å². The normalized spacial score (nSPS) is 13.7. The molecule has 0 saturated carbocycles. The number of carbonyl (C=O) groups is 2. The lowest BCUT2D eigenvalue weighted by Crippen LogP contribution is -2.47. The zero-order valence-electron chi connectivity index (χ0n) is 11.1. The summed E-state index contributed by atoms with van der Waals surface area (Å²) in [4.78, 5) is 24.2. The van der Waals surface area contributed by atoms with Gasteiger partial charge in [-0.15, -0.1) is 0 Å². The van der Waals surface area contributed by atoms with E-state index in [0.29, 0.717) is 13.1 Å². The lowest BCUT2D eigenvalue weighted by Gasteiger charge is -2.18. The number of nitrogens with zero attached hydrogens (tertiary/aromatic N) is 1. The van der Waals surface area contributed by atoms with Gasteiger partial charge in [0.15, 0.2) is 0 Å². The molecule has 0 aliphatic rings. The molecule has 0 aliphatic carbocycles. The Kier molecular flexibility index (Phi) is 7.29. The Bertz CT molecular complexity index is 256. The van der Waals surface area contributed by atoms with Crippen molar-refractivity contribution >= 4 is 11.9 Å². The van der Waals surface area contributed by atoms with Crippen LogP contribution in [-0.4, -0.2) is 50.1 Å².